The molecular formula is C29H23Cl2IN2O3S. The molecule has 0 radical (unpaired) electrons. The molecule has 3 aromatic rings. The van der Waals surface area contributed by atoms with Gasteiger partial charge in [-0.15, -0.1) is 6.42 Å². The number of thioether (sulfide) groups is 1. The van der Waals surface area contributed by atoms with Crippen LogP contribution in [-0.4, -0.2) is 24.3 Å². The fraction of sp³-hybridized carbons (Fsp3) is 0.172. The van der Waals surface area contributed by atoms with Crippen LogP contribution >= 0.6 is 57.6 Å². The van der Waals surface area contributed by atoms with Gasteiger partial charge in [0.05, 0.1) is 26.5 Å². The number of carbonyl (C=O) groups is 1. The van der Waals surface area contributed by atoms with Crippen molar-refractivity contribution in [1.29, 1.82) is 0 Å². The van der Waals surface area contributed by atoms with Gasteiger partial charge in [-0.3, -0.25) is 9.69 Å². The number of aryl methyl sites for hydroxylation is 2. The molecule has 1 fully saturated rings. The van der Waals surface area contributed by atoms with Crippen LogP contribution in [0.5, 0.6) is 11.5 Å². The zero-order chi connectivity index (χ0) is 27.4. The van der Waals surface area contributed by atoms with Crippen molar-refractivity contribution in [3.8, 4) is 23.8 Å². The number of amides is 1. The molecule has 1 amide bonds. The van der Waals surface area contributed by atoms with Crippen molar-refractivity contribution >= 4 is 86.1 Å². The predicted octanol–water partition coefficient (Wildman–Crippen LogP) is 8.43. The lowest BCUT2D eigenvalue weighted by Gasteiger charge is -2.17. The molecule has 0 spiro atoms. The van der Waals surface area contributed by atoms with E-state index in [1.54, 1.807) is 17.0 Å². The Labute approximate surface area is 250 Å². The second-order valence-electron chi connectivity index (χ2n) is 8.27. The van der Waals surface area contributed by atoms with Crippen LogP contribution in [-0.2, 0) is 4.79 Å². The minimum atomic E-state index is -0.215. The van der Waals surface area contributed by atoms with E-state index >= 15 is 0 Å². The second kappa shape index (κ2) is 12.5. The highest BCUT2D eigenvalue weighted by Crippen LogP contribution is 2.40. The van der Waals surface area contributed by atoms with E-state index in [1.807, 2.05) is 63.2 Å². The molecule has 3 aromatic carbocycles. The summed E-state index contributed by atoms with van der Waals surface area (Å²) in [5, 5.41) is 1.66. The molecule has 1 saturated heterocycles. The number of aliphatic imine (C=N–C) groups is 1. The van der Waals surface area contributed by atoms with Crippen LogP contribution in [0.25, 0.3) is 6.08 Å². The van der Waals surface area contributed by atoms with Crippen molar-refractivity contribution in [3.05, 3.63) is 83.7 Å². The van der Waals surface area contributed by atoms with Crippen molar-refractivity contribution in [2.75, 3.05) is 18.1 Å². The van der Waals surface area contributed by atoms with E-state index in [-0.39, 0.29) is 12.5 Å². The van der Waals surface area contributed by atoms with Gasteiger partial charge in [-0.25, -0.2) is 4.99 Å². The SMILES string of the molecule is C#CCOc1c(I)cc(/C=C2/SC(=Nc3ccc(C)c(Cl)c3)N(c3ccc(C)c(Cl)c3)C2=O)cc1OCC. The topological polar surface area (TPSA) is 51.1 Å². The zero-order valence-corrected chi connectivity index (χ0v) is 25.3. The number of carbonyl (C=O) groups excluding carboxylic acids is 1. The average molecular weight is 677 g/mol. The third-order valence-corrected chi connectivity index (χ3v) is 8.11. The maximum atomic E-state index is 13.7. The summed E-state index contributed by atoms with van der Waals surface area (Å²) in [5.74, 6) is 3.39. The minimum Gasteiger partial charge on any atom is -0.490 e. The monoisotopic (exact) mass is 676 g/mol. The molecule has 0 unspecified atom stereocenters. The summed E-state index contributed by atoms with van der Waals surface area (Å²) in [5.41, 5.74) is 3.91. The zero-order valence-electron chi connectivity index (χ0n) is 20.8. The third kappa shape index (κ3) is 6.32. The summed E-state index contributed by atoms with van der Waals surface area (Å²) in [6.45, 7) is 6.31. The molecule has 4 rings (SSSR count). The molecule has 9 heteroatoms. The molecule has 0 N–H and O–H groups in total. The Kier molecular flexibility index (Phi) is 9.32. The van der Waals surface area contributed by atoms with Gasteiger partial charge in [-0.1, -0.05) is 41.3 Å². The van der Waals surface area contributed by atoms with Crippen LogP contribution in [0.3, 0.4) is 0 Å². The normalized spacial score (nSPS) is 15.3. The van der Waals surface area contributed by atoms with Gasteiger partial charge in [0, 0.05) is 10.0 Å². The van der Waals surface area contributed by atoms with Crippen LogP contribution in [0.1, 0.15) is 23.6 Å². The molecule has 0 saturated carbocycles. The Hall–Kier alpha value is -2.64. The maximum Gasteiger partial charge on any atom is 0.271 e. The van der Waals surface area contributed by atoms with Crippen LogP contribution in [0, 0.1) is 29.8 Å². The third-order valence-electron chi connectivity index (χ3n) is 5.53. The number of anilines is 1. The number of hydrogen-bond donors (Lipinski definition) is 0. The molecule has 5 nitrogen and oxygen atoms in total. The summed E-state index contributed by atoms with van der Waals surface area (Å²) in [6.07, 6.45) is 7.18. The first kappa shape index (κ1) is 28.4. The number of ether oxygens (including phenoxy) is 2. The minimum absolute atomic E-state index is 0.127. The largest absolute Gasteiger partial charge is 0.490 e. The van der Waals surface area contributed by atoms with Gasteiger partial charge >= 0.3 is 0 Å². The maximum absolute atomic E-state index is 13.7. The second-order valence-corrected chi connectivity index (χ2v) is 11.3. The number of benzene rings is 3. The van der Waals surface area contributed by atoms with Gasteiger partial charge in [0.25, 0.3) is 5.91 Å². The average Bonchev–Trinajstić information content (AvgIpc) is 3.17. The quantitative estimate of drug-likeness (QED) is 0.143. The van der Waals surface area contributed by atoms with Crippen LogP contribution in [0.4, 0.5) is 11.4 Å². The van der Waals surface area contributed by atoms with Gasteiger partial charge in [0.15, 0.2) is 16.7 Å². The fourth-order valence-corrected chi connectivity index (χ4v) is 5.73. The first-order valence-corrected chi connectivity index (χ1v) is 14.2. The number of halogens is 3. The summed E-state index contributed by atoms with van der Waals surface area (Å²) in [4.78, 5) is 20.6. The van der Waals surface area contributed by atoms with Crippen molar-refractivity contribution in [2.24, 2.45) is 4.99 Å². The molecule has 38 heavy (non-hydrogen) atoms. The summed E-state index contributed by atoms with van der Waals surface area (Å²) < 4.78 is 12.3. The Balaban J connectivity index is 1.79. The lowest BCUT2D eigenvalue weighted by molar-refractivity contribution is -0.113. The van der Waals surface area contributed by atoms with E-state index in [2.05, 4.69) is 28.5 Å². The Morgan fingerprint density at radius 2 is 1.79 bits per heavy atom. The molecule has 0 aliphatic carbocycles. The lowest BCUT2D eigenvalue weighted by Crippen LogP contribution is -2.28. The highest BCUT2D eigenvalue weighted by atomic mass is 127. The van der Waals surface area contributed by atoms with E-state index < -0.39 is 0 Å². The molecular weight excluding hydrogens is 654 g/mol. The number of amidine groups is 1. The van der Waals surface area contributed by atoms with Crippen molar-refractivity contribution < 1.29 is 14.3 Å². The van der Waals surface area contributed by atoms with Crippen LogP contribution in [0.15, 0.2) is 58.4 Å². The molecule has 0 bridgehead atoms. The first-order valence-electron chi connectivity index (χ1n) is 11.6. The van der Waals surface area contributed by atoms with Crippen LogP contribution in [0.2, 0.25) is 10.0 Å². The first-order chi connectivity index (χ1) is 18.2. The van der Waals surface area contributed by atoms with Crippen LogP contribution < -0.4 is 14.4 Å². The van der Waals surface area contributed by atoms with Gasteiger partial charge in [0.1, 0.15) is 6.61 Å². The number of hydrogen-bond acceptors (Lipinski definition) is 5. The Bertz CT molecular complexity index is 1510. The van der Waals surface area contributed by atoms with Gasteiger partial charge in [-0.2, -0.15) is 0 Å². The summed E-state index contributed by atoms with van der Waals surface area (Å²) in [6, 6.07) is 14.8. The number of rotatable bonds is 7. The molecule has 0 atom stereocenters. The Morgan fingerprint density at radius 3 is 2.45 bits per heavy atom. The van der Waals surface area contributed by atoms with E-state index in [0.717, 1.165) is 20.3 Å². The van der Waals surface area contributed by atoms with Gasteiger partial charge < -0.3 is 9.47 Å². The van der Waals surface area contributed by atoms with E-state index in [1.165, 1.54) is 11.8 Å². The molecule has 1 heterocycles. The molecule has 1 aliphatic rings. The van der Waals surface area contributed by atoms with E-state index in [9.17, 15) is 4.79 Å². The summed E-state index contributed by atoms with van der Waals surface area (Å²) in [7, 11) is 0. The fourth-order valence-electron chi connectivity index (χ4n) is 3.60. The van der Waals surface area contributed by atoms with Gasteiger partial charge in [-0.05, 0) is 114 Å². The number of nitrogens with zero attached hydrogens (tertiary/aromatic N) is 2. The smallest absolute Gasteiger partial charge is 0.271 e. The van der Waals surface area contributed by atoms with Crippen molar-refractivity contribution in [1.82, 2.24) is 0 Å². The molecule has 194 valence electrons. The highest BCUT2D eigenvalue weighted by Gasteiger charge is 2.35. The van der Waals surface area contributed by atoms with Gasteiger partial charge in [0.2, 0.25) is 0 Å². The van der Waals surface area contributed by atoms with E-state index in [0.29, 0.717) is 49.6 Å². The van der Waals surface area contributed by atoms with Crippen molar-refractivity contribution in [2.45, 2.75) is 20.8 Å². The molecule has 0 aromatic heterocycles. The molecule has 1 aliphatic heterocycles. The lowest BCUT2D eigenvalue weighted by atomic mass is 10.1. The van der Waals surface area contributed by atoms with E-state index in [4.69, 9.17) is 44.1 Å². The highest BCUT2D eigenvalue weighted by molar-refractivity contribution is 14.1. The number of terminal acetylenes is 1. The Morgan fingerprint density at radius 1 is 1.08 bits per heavy atom. The summed E-state index contributed by atoms with van der Waals surface area (Å²) >= 11 is 16.2. The standard InChI is InChI=1S/C29H23Cl2IN2O3S/c1-5-11-37-27-24(32)12-19(13-25(27)36-6-2)14-26-28(35)34(21-10-8-18(4)23(31)16-21)29(38-26)33-20-9-7-17(3)22(30)15-20/h1,7-10,12-16H,6,11H2,2-4H3/b26-14+,33-29?. The predicted molar refractivity (Wildman–Crippen MR) is 167 cm³/mol. The van der Waals surface area contributed by atoms with Crippen molar-refractivity contribution in [3.63, 3.8) is 0 Å².